The SMILES string of the molecule is CC(C)(C)n1c(CBr)nnc1C1CCc2ccccc2C1. The van der Waals surface area contributed by atoms with Gasteiger partial charge in [0.25, 0.3) is 0 Å². The number of halogens is 1. The molecule has 3 nitrogen and oxygen atoms in total. The summed E-state index contributed by atoms with van der Waals surface area (Å²) in [6.07, 6.45) is 3.38. The first-order valence-electron chi connectivity index (χ1n) is 7.58. The summed E-state index contributed by atoms with van der Waals surface area (Å²) in [5.41, 5.74) is 2.98. The molecule has 1 atom stereocenters. The molecular formula is C17H22BrN3. The maximum Gasteiger partial charge on any atom is 0.144 e. The quantitative estimate of drug-likeness (QED) is 0.762. The number of aromatic nitrogens is 3. The third-order valence-electron chi connectivity index (χ3n) is 4.26. The van der Waals surface area contributed by atoms with E-state index >= 15 is 0 Å². The maximum atomic E-state index is 4.53. The van der Waals surface area contributed by atoms with Gasteiger partial charge in [0.2, 0.25) is 0 Å². The van der Waals surface area contributed by atoms with E-state index in [1.165, 1.54) is 11.1 Å². The van der Waals surface area contributed by atoms with Crippen LogP contribution in [0.15, 0.2) is 24.3 Å². The van der Waals surface area contributed by atoms with Gasteiger partial charge in [-0.05, 0) is 51.2 Å². The number of aryl methyl sites for hydroxylation is 1. The van der Waals surface area contributed by atoms with Gasteiger partial charge in [-0.3, -0.25) is 0 Å². The molecule has 4 heteroatoms. The van der Waals surface area contributed by atoms with Crippen LogP contribution in [0, 0.1) is 0 Å². The normalized spacial score (nSPS) is 18.6. The van der Waals surface area contributed by atoms with Gasteiger partial charge in [0, 0.05) is 11.5 Å². The number of fused-ring (bicyclic) bond motifs is 1. The van der Waals surface area contributed by atoms with E-state index in [0.717, 1.165) is 36.2 Å². The lowest BCUT2D eigenvalue weighted by atomic mass is 9.83. The average Bonchev–Trinajstić information content (AvgIpc) is 2.91. The Morgan fingerprint density at radius 1 is 1.19 bits per heavy atom. The monoisotopic (exact) mass is 347 g/mol. The molecule has 1 aromatic carbocycles. The Morgan fingerprint density at radius 2 is 1.90 bits per heavy atom. The van der Waals surface area contributed by atoms with E-state index in [4.69, 9.17) is 0 Å². The van der Waals surface area contributed by atoms with Crippen molar-refractivity contribution in [3.05, 3.63) is 47.0 Å². The molecule has 0 aliphatic heterocycles. The van der Waals surface area contributed by atoms with Gasteiger partial charge in [-0.2, -0.15) is 0 Å². The molecule has 0 fully saturated rings. The van der Waals surface area contributed by atoms with Crippen molar-refractivity contribution in [2.75, 3.05) is 0 Å². The highest BCUT2D eigenvalue weighted by Gasteiger charge is 2.29. The molecule has 0 amide bonds. The largest absolute Gasteiger partial charge is 0.309 e. The third-order valence-corrected chi connectivity index (χ3v) is 4.76. The van der Waals surface area contributed by atoms with Crippen LogP contribution in [-0.4, -0.2) is 14.8 Å². The van der Waals surface area contributed by atoms with Gasteiger partial charge in [0.15, 0.2) is 0 Å². The van der Waals surface area contributed by atoms with Gasteiger partial charge in [0.05, 0.1) is 5.33 Å². The zero-order chi connectivity index (χ0) is 15.0. The molecule has 2 aromatic rings. The third kappa shape index (κ3) is 2.78. The summed E-state index contributed by atoms with van der Waals surface area (Å²) >= 11 is 3.54. The molecule has 3 rings (SSSR count). The first-order chi connectivity index (χ1) is 10.0. The van der Waals surface area contributed by atoms with Crippen LogP contribution >= 0.6 is 15.9 Å². The molecule has 1 aliphatic rings. The molecule has 0 N–H and O–H groups in total. The number of benzene rings is 1. The molecule has 0 saturated carbocycles. The minimum Gasteiger partial charge on any atom is -0.309 e. The van der Waals surface area contributed by atoms with Crippen molar-refractivity contribution in [1.29, 1.82) is 0 Å². The Kier molecular flexibility index (Phi) is 3.91. The second-order valence-electron chi connectivity index (χ2n) is 6.82. The molecule has 1 heterocycles. The van der Waals surface area contributed by atoms with E-state index in [2.05, 4.69) is 75.7 Å². The van der Waals surface area contributed by atoms with Crippen LogP contribution in [0.2, 0.25) is 0 Å². The Hall–Kier alpha value is -1.16. The molecule has 1 unspecified atom stereocenters. The predicted octanol–water partition coefficient (Wildman–Crippen LogP) is 4.20. The Labute approximate surface area is 134 Å². The Morgan fingerprint density at radius 3 is 2.57 bits per heavy atom. The lowest BCUT2D eigenvalue weighted by Crippen LogP contribution is -2.28. The van der Waals surface area contributed by atoms with Gasteiger partial charge in [-0.1, -0.05) is 40.2 Å². The van der Waals surface area contributed by atoms with E-state index in [1.54, 1.807) is 0 Å². The van der Waals surface area contributed by atoms with E-state index < -0.39 is 0 Å². The fourth-order valence-corrected chi connectivity index (χ4v) is 3.69. The van der Waals surface area contributed by atoms with Crippen molar-refractivity contribution in [3.63, 3.8) is 0 Å². The summed E-state index contributed by atoms with van der Waals surface area (Å²) in [6.45, 7) is 6.67. The van der Waals surface area contributed by atoms with E-state index in [9.17, 15) is 0 Å². The van der Waals surface area contributed by atoms with Crippen LogP contribution in [0.25, 0.3) is 0 Å². The van der Waals surface area contributed by atoms with Crippen LogP contribution in [0.5, 0.6) is 0 Å². The minimum absolute atomic E-state index is 0.0128. The number of alkyl halides is 1. The molecule has 1 aliphatic carbocycles. The molecule has 112 valence electrons. The summed E-state index contributed by atoms with van der Waals surface area (Å²) in [5.74, 6) is 2.64. The maximum absolute atomic E-state index is 4.53. The van der Waals surface area contributed by atoms with Crippen LogP contribution in [0.4, 0.5) is 0 Å². The van der Waals surface area contributed by atoms with E-state index in [1.807, 2.05) is 0 Å². The summed E-state index contributed by atoms with van der Waals surface area (Å²) in [5, 5.41) is 9.68. The smallest absolute Gasteiger partial charge is 0.144 e. The van der Waals surface area contributed by atoms with Crippen molar-refractivity contribution >= 4 is 15.9 Å². The van der Waals surface area contributed by atoms with Crippen molar-refractivity contribution in [2.24, 2.45) is 0 Å². The van der Waals surface area contributed by atoms with Gasteiger partial charge >= 0.3 is 0 Å². The lowest BCUT2D eigenvalue weighted by molar-refractivity contribution is 0.357. The number of hydrogen-bond donors (Lipinski definition) is 0. The molecule has 0 saturated heterocycles. The topological polar surface area (TPSA) is 30.7 Å². The predicted molar refractivity (Wildman–Crippen MR) is 88.9 cm³/mol. The van der Waals surface area contributed by atoms with Gasteiger partial charge in [-0.25, -0.2) is 0 Å². The zero-order valence-corrected chi connectivity index (χ0v) is 14.5. The van der Waals surface area contributed by atoms with Gasteiger partial charge in [0.1, 0.15) is 11.6 Å². The highest BCUT2D eigenvalue weighted by atomic mass is 79.9. The van der Waals surface area contributed by atoms with Crippen molar-refractivity contribution in [2.45, 2.75) is 56.8 Å². The van der Waals surface area contributed by atoms with E-state index in [-0.39, 0.29) is 5.54 Å². The van der Waals surface area contributed by atoms with Crippen LogP contribution in [0.3, 0.4) is 0 Å². The lowest BCUT2D eigenvalue weighted by Gasteiger charge is -2.30. The van der Waals surface area contributed by atoms with Crippen molar-refractivity contribution in [3.8, 4) is 0 Å². The molecule has 0 bridgehead atoms. The zero-order valence-electron chi connectivity index (χ0n) is 12.9. The number of hydrogen-bond acceptors (Lipinski definition) is 2. The van der Waals surface area contributed by atoms with Crippen molar-refractivity contribution in [1.82, 2.24) is 14.8 Å². The van der Waals surface area contributed by atoms with Crippen molar-refractivity contribution < 1.29 is 0 Å². The van der Waals surface area contributed by atoms with E-state index in [0.29, 0.717) is 5.92 Å². The number of nitrogens with zero attached hydrogens (tertiary/aromatic N) is 3. The van der Waals surface area contributed by atoms with Gasteiger partial charge < -0.3 is 4.57 Å². The second kappa shape index (κ2) is 5.56. The Balaban J connectivity index is 1.98. The molecular weight excluding hydrogens is 326 g/mol. The first-order valence-corrected chi connectivity index (χ1v) is 8.70. The standard InChI is InChI=1S/C17H22BrN3/c1-17(2,3)21-15(11-18)19-20-16(21)14-9-8-12-6-4-5-7-13(12)10-14/h4-7,14H,8-11H2,1-3H3. The van der Waals surface area contributed by atoms with Crippen LogP contribution in [0.1, 0.15) is 55.9 Å². The summed E-state index contributed by atoms with van der Waals surface area (Å²) in [6, 6.07) is 8.79. The fraction of sp³-hybridized carbons (Fsp3) is 0.529. The highest BCUT2D eigenvalue weighted by molar-refractivity contribution is 9.08. The average molecular weight is 348 g/mol. The second-order valence-corrected chi connectivity index (χ2v) is 7.38. The summed E-state index contributed by atoms with van der Waals surface area (Å²) in [7, 11) is 0. The highest BCUT2D eigenvalue weighted by Crippen LogP contribution is 2.34. The van der Waals surface area contributed by atoms with Crippen LogP contribution < -0.4 is 0 Å². The molecule has 0 radical (unpaired) electrons. The molecule has 21 heavy (non-hydrogen) atoms. The first kappa shape index (κ1) is 14.8. The fourth-order valence-electron chi connectivity index (χ4n) is 3.33. The Bertz CT molecular complexity index is 640. The van der Waals surface area contributed by atoms with Gasteiger partial charge in [-0.15, -0.1) is 10.2 Å². The van der Waals surface area contributed by atoms with Crippen LogP contribution in [-0.2, 0) is 23.7 Å². The summed E-state index contributed by atoms with van der Waals surface area (Å²) in [4.78, 5) is 0. The molecule has 0 spiro atoms. The number of rotatable bonds is 2. The molecule has 1 aromatic heterocycles. The minimum atomic E-state index is 0.0128. The summed E-state index contributed by atoms with van der Waals surface area (Å²) < 4.78 is 2.32.